The largest absolute Gasteiger partial charge is 0.481 e. The predicted octanol–water partition coefficient (Wildman–Crippen LogP) is 5.09. The Labute approximate surface area is 180 Å². The van der Waals surface area contributed by atoms with E-state index >= 15 is 0 Å². The Kier molecular flexibility index (Phi) is 4.94. The zero-order chi connectivity index (χ0) is 21.4. The van der Waals surface area contributed by atoms with E-state index in [4.69, 9.17) is 4.74 Å². The molecule has 31 heavy (non-hydrogen) atoms. The number of para-hydroxylation sites is 1. The molecule has 0 aromatic heterocycles. The zero-order valence-electron chi connectivity index (χ0n) is 17.0. The SMILES string of the molecule is O=C(O)C1CCN(C(=O)OCC2c3ccccc3-c3ccccc32)c2ccccc2C1. The first-order chi connectivity index (χ1) is 15.1. The molecule has 156 valence electrons. The number of fused-ring (bicyclic) bond motifs is 4. The Morgan fingerprint density at radius 3 is 2.19 bits per heavy atom. The lowest BCUT2D eigenvalue weighted by atomic mass is 9.97. The molecule has 0 saturated carbocycles. The van der Waals surface area contributed by atoms with Crippen molar-refractivity contribution >= 4 is 17.7 Å². The van der Waals surface area contributed by atoms with Crippen LogP contribution in [0.2, 0.25) is 0 Å². The summed E-state index contributed by atoms with van der Waals surface area (Å²) in [5, 5.41) is 9.51. The second kappa shape index (κ2) is 7.91. The average molecular weight is 413 g/mol. The molecule has 1 amide bonds. The molecule has 0 fully saturated rings. The van der Waals surface area contributed by atoms with Crippen molar-refractivity contribution in [2.75, 3.05) is 18.1 Å². The van der Waals surface area contributed by atoms with Gasteiger partial charge in [0.15, 0.2) is 0 Å². The van der Waals surface area contributed by atoms with Crippen LogP contribution in [0, 0.1) is 5.92 Å². The van der Waals surface area contributed by atoms with E-state index in [0.29, 0.717) is 19.4 Å². The van der Waals surface area contributed by atoms with Crippen LogP contribution in [0.3, 0.4) is 0 Å². The van der Waals surface area contributed by atoms with Crippen molar-refractivity contribution < 1.29 is 19.4 Å². The molecule has 1 unspecified atom stereocenters. The van der Waals surface area contributed by atoms with Gasteiger partial charge in [0.05, 0.1) is 11.6 Å². The molecule has 2 aliphatic rings. The standard InChI is InChI=1S/C26H23NO4/c28-25(29)18-13-14-27(24-12-6-1-7-17(24)15-18)26(30)31-16-23-21-10-4-2-8-19(21)20-9-3-5-11-22(20)23/h1-12,18,23H,13-16H2,(H,28,29). The average Bonchev–Trinajstić information content (AvgIpc) is 2.97. The van der Waals surface area contributed by atoms with Crippen LogP contribution in [0.25, 0.3) is 11.1 Å². The Hall–Kier alpha value is -3.60. The highest BCUT2D eigenvalue weighted by Crippen LogP contribution is 2.44. The fraction of sp³-hybridized carbons (Fsp3) is 0.231. The summed E-state index contributed by atoms with van der Waals surface area (Å²) in [5.74, 6) is -1.35. The van der Waals surface area contributed by atoms with Gasteiger partial charge in [-0.15, -0.1) is 0 Å². The summed E-state index contributed by atoms with van der Waals surface area (Å²) in [6.45, 7) is 0.568. The second-order valence-electron chi connectivity index (χ2n) is 8.11. The Morgan fingerprint density at radius 2 is 1.52 bits per heavy atom. The van der Waals surface area contributed by atoms with Crippen molar-refractivity contribution in [2.45, 2.75) is 18.8 Å². The lowest BCUT2D eigenvalue weighted by Gasteiger charge is -2.23. The first kappa shape index (κ1) is 19.4. The highest BCUT2D eigenvalue weighted by Gasteiger charge is 2.32. The third kappa shape index (κ3) is 3.46. The minimum Gasteiger partial charge on any atom is -0.481 e. The van der Waals surface area contributed by atoms with Crippen LogP contribution in [0.5, 0.6) is 0 Å². The quantitative estimate of drug-likeness (QED) is 0.650. The van der Waals surface area contributed by atoms with E-state index in [1.54, 1.807) is 4.90 Å². The number of rotatable bonds is 3. The number of carbonyl (C=O) groups is 2. The van der Waals surface area contributed by atoms with Gasteiger partial charge in [-0.25, -0.2) is 4.79 Å². The van der Waals surface area contributed by atoms with Crippen molar-refractivity contribution in [3.05, 3.63) is 89.5 Å². The number of hydrogen-bond donors (Lipinski definition) is 1. The van der Waals surface area contributed by atoms with E-state index in [9.17, 15) is 14.7 Å². The lowest BCUT2D eigenvalue weighted by molar-refractivity contribution is -0.141. The van der Waals surface area contributed by atoms with Gasteiger partial charge in [0, 0.05) is 12.5 Å². The molecule has 1 aliphatic heterocycles. The maximum absolute atomic E-state index is 13.1. The third-order valence-corrected chi connectivity index (χ3v) is 6.36. The summed E-state index contributed by atoms with van der Waals surface area (Å²) in [6.07, 6.45) is 0.382. The Morgan fingerprint density at radius 1 is 0.903 bits per heavy atom. The maximum atomic E-state index is 13.1. The van der Waals surface area contributed by atoms with Gasteiger partial charge in [-0.2, -0.15) is 0 Å². The number of carboxylic acids is 1. The van der Waals surface area contributed by atoms with E-state index < -0.39 is 18.0 Å². The lowest BCUT2D eigenvalue weighted by Crippen LogP contribution is -2.34. The van der Waals surface area contributed by atoms with Gasteiger partial charge in [0.1, 0.15) is 6.61 Å². The number of nitrogens with zero attached hydrogens (tertiary/aromatic N) is 1. The third-order valence-electron chi connectivity index (χ3n) is 6.36. The summed E-state index contributed by atoms with van der Waals surface area (Å²) in [7, 11) is 0. The topological polar surface area (TPSA) is 66.8 Å². The zero-order valence-corrected chi connectivity index (χ0v) is 17.0. The van der Waals surface area contributed by atoms with Crippen LogP contribution in [0.15, 0.2) is 72.8 Å². The minimum absolute atomic E-state index is 0.00894. The first-order valence-electron chi connectivity index (χ1n) is 10.6. The molecule has 5 rings (SSSR count). The fourth-order valence-corrected chi connectivity index (χ4v) is 4.79. The molecule has 3 aromatic rings. The van der Waals surface area contributed by atoms with Crippen LogP contribution in [-0.4, -0.2) is 30.3 Å². The van der Waals surface area contributed by atoms with E-state index in [0.717, 1.165) is 11.3 Å². The number of benzene rings is 3. The summed E-state index contributed by atoms with van der Waals surface area (Å²) in [4.78, 5) is 26.3. The smallest absolute Gasteiger partial charge is 0.414 e. The molecular weight excluding hydrogens is 390 g/mol. The maximum Gasteiger partial charge on any atom is 0.414 e. The van der Waals surface area contributed by atoms with Crippen molar-refractivity contribution in [3.63, 3.8) is 0 Å². The first-order valence-corrected chi connectivity index (χ1v) is 10.6. The summed E-state index contributed by atoms with van der Waals surface area (Å²) in [5.41, 5.74) is 6.30. The fourth-order valence-electron chi connectivity index (χ4n) is 4.79. The van der Waals surface area contributed by atoms with Gasteiger partial charge >= 0.3 is 12.1 Å². The van der Waals surface area contributed by atoms with Crippen molar-refractivity contribution in [1.29, 1.82) is 0 Å². The van der Waals surface area contributed by atoms with E-state index in [1.165, 1.54) is 22.3 Å². The molecular formula is C26H23NO4. The summed E-state index contributed by atoms with van der Waals surface area (Å²) < 4.78 is 5.83. The summed E-state index contributed by atoms with van der Waals surface area (Å²) in [6, 6.07) is 23.9. The van der Waals surface area contributed by atoms with Crippen LogP contribution in [0.1, 0.15) is 29.0 Å². The van der Waals surface area contributed by atoms with Crippen molar-refractivity contribution in [2.24, 2.45) is 5.92 Å². The second-order valence-corrected chi connectivity index (χ2v) is 8.11. The van der Waals surface area contributed by atoms with E-state index in [1.807, 2.05) is 48.5 Å². The molecule has 0 radical (unpaired) electrons. The Bertz CT molecular complexity index is 1110. The van der Waals surface area contributed by atoms with Gasteiger partial charge in [-0.1, -0.05) is 66.7 Å². The molecule has 3 aromatic carbocycles. The van der Waals surface area contributed by atoms with E-state index in [2.05, 4.69) is 24.3 Å². The molecule has 1 aliphatic carbocycles. The number of ether oxygens (including phenoxy) is 1. The van der Waals surface area contributed by atoms with Crippen molar-refractivity contribution in [1.82, 2.24) is 0 Å². The predicted molar refractivity (Wildman–Crippen MR) is 118 cm³/mol. The van der Waals surface area contributed by atoms with Crippen molar-refractivity contribution in [3.8, 4) is 11.1 Å². The molecule has 1 atom stereocenters. The number of aliphatic carboxylic acids is 1. The molecule has 1 N–H and O–H groups in total. The number of carboxylic acid groups (broad SMARTS) is 1. The number of hydrogen-bond acceptors (Lipinski definition) is 3. The molecule has 5 heteroatoms. The van der Waals surface area contributed by atoms with Gasteiger partial charge in [0.2, 0.25) is 0 Å². The normalized spacial score (nSPS) is 17.3. The molecule has 5 nitrogen and oxygen atoms in total. The monoisotopic (exact) mass is 413 g/mol. The highest BCUT2D eigenvalue weighted by atomic mass is 16.6. The summed E-state index contributed by atoms with van der Waals surface area (Å²) >= 11 is 0. The Balaban J connectivity index is 1.38. The van der Waals surface area contributed by atoms with Crippen LogP contribution in [-0.2, 0) is 16.0 Å². The minimum atomic E-state index is -0.829. The van der Waals surface area contributed by atoms with Gasteiger partial charge < -0.3 is 9.84 Å². The number of carbonyl (C=O) groups excluding carboxylic acids is 1. The highest BCUT2D eigenvalue weighted by molar-refractivity contribution is 5.89. The van der Waals surface area contributed by atoms with Crippen LogP contribution < -0.4 is 4.90 Å². The van der Waals surface area contributed by atoms with E-state index in [-0.39, 0.29) is 12.5 Å². The van der Waals surface area contributed by atoms with Gasteiger partial charge in [-0.3, -0.25) is 9.69 Å². The molecule has 0 spiro atoms. The molecule has 0 bridgehead atoms. The van der Waals surface area contributed by atoms with Gasteiger partial charge in [0.25, 0.3) is 0 Å². The number of amides is 1. The van der Waals surface area contributed by atoms with Gasteiger partial charge in [-0.05, 0) is 46.7 Å². The number of anilines is 1. The van der Waals surface area contributed by atoms with Crippen LogP contribution in [0.4, 0.5) is 10.5 Å². The molecule has 0 saturated heterocycles. The van der Waals surface area contributed by atoms with Crippen LogP contribution >= 0.6 is 0 Å². The molecule has 1 heterocycles.